The fourth-order valence-corrected chi connectivity index (χ4v) is 2.77. The number of hydrogen-bond acceptors (Lipinski definition) is 6. The third-order valence-corrected chi connectivity index (χ3v) is 4.05. The topological polar surface area (TPSA) is 80.5 Å². The highest BCUT2D eigenvalue weighted by Crippen LogP contribution is 2.31. The Kier molecular flexibility index (Phi) is 5.49. The van der Waals surface area contributed by atoms with Gasteiger partial charge in [0.05, 0.1) is 18.9 Å². The molecule has 0 fully saturated rings. The third kappa shape index (κ3) is 4.13. The zero-order valence-electron chi connectivity index (χ0n) is 12.3. The average Bonchev–Trinajstić information content (AvgIpc) is 2.80. The predicted molar refractivity (Wildman–Crippen MR) is 85.7 cm³/mol. The number of thiophene rings is 1. The molecule has 0 aliphatic carbocycles. The number of carbonyl (C=O) groups excluding carboxylic acids is 1. The molecule has 2 aromatic heterocycles. The zero-order valence-corrected chi connectivity index (χ0v) is 13.1. The number of pyridine rings is 1. The number of anilines is 1. The van der Waals surface area contributed by atoms with Crippen LogP contribution in [0.3, 0.4) is 0 Å². The summed E-state index contributed by atoms with van der Waals surface area (Å²) in [5.41, 5.74) is 6.49. The van der Waals surface area contributed by atoms with E-state index in [0.717, 1.165) is 16.8 Å². The van der Waals surface area contributed by atoms with Crippen LogP contribution in [0.2, 0.25) is 0 Å². The molecule has 0 spiro atoms. The number of amides is 1. The van der Waals surface area contributed by atoms with E-state index in [4.69, 9.17) is 10.5 Å². The first kappa shape index (κ1) is 15.7. The standard InChI is InChI=1S/C14H20N4O2S/c1-18(2)7-9-20-8-6-16-13(19)12-11(15)10-4-3-5-17-14(10)21-12/h3-5H,6-9,15H2,1-2H3,(H,16,19). The number of nitrogens with zero attached hydrogens (tertiary/aromatic N) is 2. The highest BCUT2D eigenvalue weighted by Gasteiger charge is 2.16. The third-order valence-electron chi connectivity index (χ3n) is 2.93. The van der Waals surface area contributed by atoms with Crippen LogP contribution in [-0.4, -0.2) is 56.2 Å². The van der Waals surface area contributed by atoms with E-state index in [1.807, 2.05) is 31.1 Å². The van der Waals surface area contributed by atoms with Crippen LogP contribution in [0.25, 0.3) is 10.2 Å². The molecule has 7 heteroatoms. The monoisotopic (exact) mass is 308 g/mol. The number of nitrogen functional groups attached to an aromatic ring is 1. The molecule has 0 radical (unpaired) electrons. The maximum Gasteiger partial charge on any atom is 0.263 e. The first-order chi connectivity index (χ1) is 10.1. The van der Waals surface area contributed by atoms with Crippen molar-refractivity contribution < 1.29 is 9.53 Å². The van der Waals surface area contributed by atoms with Crippen molar-refractivity contribution in [2.45, 2.75) is 0 Å². The van der Waals surface area contributed by atoms with Gasteiger partial charge < -0.3 is 20.7 Å². The van der Waals surface area contributed by atoms with Gasteiger partial charge in [-0.1, -0.05) is 0 Å². The molecule has 21 heavy (non-hydrogen) atoms. The summed E-state index contributed by atoms with van der Waals surface area (Å²) in [6.07, 6.45) is 1.69. The van der Waals surface area contributed by atoms with Crippen molar-refractivity contribution in [1.29, 1.82) is 0 Å². The molecule has 1 amide bonds. The van der Waals surface area contributed by atoms with Crippen molar-refractivity contribution in [2.75, 3.05) is 46.1 Å². The number of carbonyl (C=O) groups is 1. The summed E-state index contributed by atoms with van der Waals surface area (Å²) in [4.78, 5) is 19.7. The smallest absolute Gasteiger partial charge is 0.263 e. The fourth-order valence-electron chi connectivity index (χ4n) is 1.79. The van der Waals surface area contributed by atoms with Crippen molar-refractivity contribution in [3.05, 3.63) is 23.2 Å². The minimum atomic E-state index is -0.174. The molecule has 6 nitrogen and oxygen atoms in total. The summed E-state index contributed by atoms with van der Waals surface area (Å²) in [6, 6.07) is 3.68. The summed E-state index contributed by atoms with van der Waals surface area (Å²) in [6.45, 7) is 2.47. The minimum absolute atomic E-state index is 0.174. The van der Waals surface area contributed by atoms with Crippen LogP contribution in [0.15, 0.2) is 18.3 Å². The van der Waals surface area contributed by atoms with Crippen LogP contribution in [0.4, 0.5) is 5.69 Å². The first-order valence-electron chi connectivity index (χ1n) is 6.73. The van der Waals surface area contributed by atoms with Crippen LogP contribution in [0, 0.1) is 0 Å². The number of ether oxygens (including phenoxy) is 1. The van der Waals surface area contributed by atoms with Crippen molar-refractivity contribution >= 4 is 33.1 Å². The van der Waals surface area contributed by atoms with E-state index in [1.54, 1.807) is 6.20 Å². The van der Waals surface area contributed by atoms with Crippen molar-refractivity contribution in [1.82, 2.24) is 15.2 Å². The minimum Gasteiger partial charge on any atom is -0.397 e. The van der Waals surface area contributed by atoms with Crippen LogP contribution >= 0.6 is 11.3 Å². The van der Waals surface area contributed by atoms with Gasteiger partial charge in [-0.3, -0.25) is 4.79 Å². The Bertz CT molecular complexity index is 612. The van der Waals surface area contributed by atoms with E-state index in [0.29, 0.717) is 30.3 Å². The van der Waals surface area contributed by atoms with Gasteiger partial charge in [0.25, 0.3) is 5.91 Å². The Morgan fingerprint density at radius 1 is 1.48 bits per heavy atom. The molecule has 114 valence electrons. The Morgan fingerprint density at radius 3 is 3.00 bits per heavy atom. The molecule has 0 unspecified atom stereocenters. The van der Waals surface area contributed by atoms with Crippen molar-refractivity contribution in [3.8, 4) is 0 Å². The number of rotatable bonds is 7. The summed E-state index contributed by atoms with van der Waals surface area (Å²) in [5.74, 6) is -0.174. The second-order valence-corrected chi connectivity index (χ2v) is 5.87. The molecular weight excluding hydrogens is 288 g/mol. The molecule has 0 saturated carbocycles. The van der Waals surface area contributed by atoms with E-state index in [9.17, 15) is 4.79 Å². The molecule has 0 aliphatic rings. The van der Waals surface area contributed by atoms with Gasteiger partial charge in [-0.15, -0.1) is 11.3 Å². The second kappa shape index (κ2) is 7.35. The number of hydrogen-bond donors (Lipinski definition) is 2. The van der Waals surface area contributed by atoms with E-state index < -0.39 is 0 Å². The molecule has 0 aromatic carbocycles. The fraction of sp³-hybridized carbons (Fsp3) is 0.429. The Morgan fingerprint density at radius 2 is 2.29 bits per heavy atom. The Labute approximate surface area is 127 Å². The quantitative estimate of drug-likeness (QED) is 0.751. The van der Waals surface area contributed by atoms with Gasteiger partial charge in [-0.2, -0.15) is 0 Å². The first-order valence-corrected chi connectivity index (χ1v) is 7.55. The van der Waals surface area contributed by atoms with Gasteiger partial charge in [0.1, 0.15) is 9.71 Å². The normalized spacial score (nSPS) is 11.2. The second-order valence-electron chi connectivity index (χ2n) is 4.87. The van der Waals surface area contributed by atoms with Crippen LogP contribution in [0.5, 0.6) is 0 Å². The molecular formula is C14H20N4O2S. The van der Waals surface area contributed by atoms with Gasteiger partial charge in [0.15, 0.2) is 0 Å². The van der Waals surface area contributed by atoms with Gasteiger partial charge in [0, 0.05) is 24.7 Å². The molecule has 2 aromatic rings. The molecule has 0 saturated heterocycles. The van der Waals surface area contributed by atoms with E-state index in [1.165, 1.54) is 11.3 Å². The van der Waals surface area contributed by atoms with E-state index in [-0.39, 0.29) is 5.91 Å². The van der Waals surface area contributed by atoms with Gasteiger partial charge >= 0.3 is 0 Å². The summed E-state index contributed by atoms with van der Waals surface area (Å²) >= 11 is 1.31. The molecule has 2 heterocycles. The van der Waals surface area contributed by atoms with Gasteiger partial charge in [-0.25, -0.2) is 4.98 Å². The Hall–Kier alpha value is -1.70. The van der Waals surface area contributed by atoms with E-state index >= 15 is 0 Å². The molecule has 0 atom stereocenters. The number of nitrogens with two attached hydrogens (primary N) is 1. The largest absolute Gasteiger partial charge is 0.397 e. The van der Waals surface area contributed by atoms with Crippen molar-refractivity contribution in [3.63, 3.8) is 0 Å². The predicted octanol–water partition coefficient (Wildman–Crippen LogP) is 1.19. The van der Waals surface area contributed by atoms with Crippen molar-refractivity contribution in [2.24, 2.45) is 0 Å². The zero-order chi connectivity index (χ0) is 15.2. The SMILES string of the molecule is CN(C)CCOCCNC(=O)c1sc2ncccc2c1N. The lowest BCUT2D eigenvalue weighted by molar-refractivity contribution is 0.0904. The highest BCUT2D eigenvalue weighted by atomic mass is 32.1. The van der Waals surface area contributed by atoms with Crippen LogP contribution < -0.4 is 11.1 Å². The maximum atomic E-state index is 12.1. The summed E-state index contributed by atoms with van der Waals surface area (Å²) in [5, 5.41) is 3.64. The van der Waals surface area contributed by atoms with Gasteiger partial charge in [-0.05, 0) is 26.2 Å². The highest BCUT2D eigenvalue weighted by molar-refractivity contribution is 7.21. The van der Waals surface area contributed by atoms with Crippen LogP contribution in [0.1, 0.15) is 9.67 Å². The lowest BCUT2D eigenvalue weighted by atomic mass is 10.2. The molecule has 0 aliphatic heterocycles. The molecule has 0 bridgehead atoms. The number of fused-ring (bicyclic) bond motifs is 1. The van der Waals surface area contributed by atoms with E-state index in [2.05, 4.69) is 10.3 Å². The maximum absolute atomic E-state index is 12.1. The number of aromatic nitrogens is 1. The molecule has 2 rings (SSSR count). The summed E-state index contributed by atoms with van der Waals surface area (Å²) < 4.78 is 5.42. The number of likely N-dealkylation sites (N-methyl/N-ethyl adjacent to an activating group) is 1. The lowest BCUT2D eigenvalue weighted by Gasteiger charge is -2.10. The number of nitrogens with one attached hydrogen (secondary N) is 1. The Balaban J connectivity index is 1.84. The summed E-state index contributed by atoms with van der Waals surface area (Å²) in [7, 11) is 3.98. The molecule has 3 N–H and O–H groups in total. The lowest BCUT2D eigenvalue weighted by Crippen LogP contribution is -2.28. The average molecular weight is 308 g/mol. The van der Waals surface area contributed by atoms with Crippen LogP contribution in [-0.2, 0) is 4.74 Å². The van der Waals surface area contributed by atoms with Gasteiger partial charge in [0.2, 0.25) is 0 Å².